The Labute approximate surface area is 138 Å². The molecule has 116 valence electrons. The third kappa shape index (κ3) is 3.49. The van der Waals surface area contributed by atoms with E-state index in [0.717, 1.165) is 33.7 Å². The maximum Gasteiger partial charge on any atom is 0.121 e. The first-order chi connectivity index (χ1) is 11.1. The zero-order chi connectivity index (χ0) is 16.8. The zero-order valence-electron chi connectivity index (χ0n) is 13.7. The molecule has 1 heterocycles. The Morgan fingerprint density at radius 1 is 1.17 bits per heavy atom. The molecule has 0 fully saturated rings. The van der Waals surface area contributed by atoms with Crippen molar-refractivity contribution < 1.29 is 4.74 Å². The predicted octanol–water partition coefficient (Wildman–Crippen LogP) is 5.60. The highest BCUT2D eigenvalue weighted by Gasteiger charge is 2.15. The second-order valence-corrected chi connectivity index (χ2v) is 5.04. The summed E-state index contributed by atoms with van der Waals surface area (Å²) in [6, 6.07) is 12.1. The largest absolute Gasteiger partial charge is 0.497 e. The smallest absolute Gasteiger partial charge is 0.121 e. The Morgan fingerprint density at radius 3 is 2.43 bits per heavy atom. The molecular weight excluding hydrogens is 282 g/mol. The van der Waals surface area contributed by atoms with Crippen LogP contribution in [0.2, 0.25) is 0 Å². The number of benzene rings is 1. The van der Waals surface area contributed by atoms with Crippen LogP contribution in [-0.2, 0) is 4.74 Å². The van der Waals surface area contributed by atoms with Gasteiger partial charge in [-0.2, -0.15) is 0 Å². The predicted molar refractivity (Wildman–Crippen MR) is 99.7 cm³/mol. The number of hydrogen-bond donors (Lipinski definition) is 0. The Morgan fingerprint density at radius 2 is 1.87 bits per heavy atom. The maximum absolute atomic E-state index is 5.30. The van der Waals surface area contributed by atoms with Crippen LogP contribution in [0.4, 0.5) is 0 Å². The number of aromatic nitrogens is 1. The minimum Gasteiger partial charge on any atom is -0.497 e. The van der Waals surface area contributed by atoms with Crippen molar-refractivity contribution in [3.05, 3.63) is 85.2 Å². The molecule has 2 rings (SSSR count). The van der Waals surface area contributed by atoms with E-state index in [1.165, 1.54) is 0 Å². The second kappa shape index (κ2) is 7.41. The summed E-state index contributed by atoms with van der Waals surface area (Å²) >= 11 is 0. The summed E-state index contributed by atoms with van der Waals surface area (Å²) in [6.07, 6.45) is 5.61. The highest BCUT2D eigenvalue weighted by molar-refractivity contribution is 5.85. The van der Waals surface area contributed by atoms with Crippen LogP contribution < -0.4 is 0 Å². The van der Waals surface area contributed by atoms with Gasteiger partial charge in [0, 0.05) is 11.1 Å². The number of allylic oxidation sites excluding steroid dienone is 3. The molecule has 2 heteroatoms. The number of ether oxygens (including phenoxy) is 1. The van der Waals surface area contributed by atoms with Crippen molar-refractivity contribution in [3.8, 4) is 11.1 Å². The molecule has 0 amide bonds. The normalized spacial score (nSPS) is 10.5. The Hall–Kier alpha value is -2.87. The van der Waals surface area contributed by atoms with E-state index in [1.54, 1.807) is 13.2 Å². The van der Waals surface area contributed by atoms with Crippen molar-refractivity contribution in [1.29, 1.82) is 0 Å². The van der Waals surface area contributed by atoms with E-state index in [4.69, 9.17) is 9.72 Å². The number of hydrogen-bond acceptors (Lipinski definition) is 2. The van der Waals surface area contributed by atoms with Gasteiger partial charge in [-0.25, -0.2) is 4.98 Å². The fraction of sp³-hybridized carbons (Fsp3) is 0.0952. The lowest BCUT2D eigenvalue weighted by atomic mass is 9.96. The van der Waals surface area contributed by atoms with E-state index >= 15 is 0 Å². The molecule has 0 radical (unpaired) electrons. The van der Waals surface area contributed by atoms with Gasteiger partial charge in [0.25, 0.3) is 0 Å². The summed E-state index contributed by atoms with van der Waals surface area (Å²) in [4.78, 5) is 4.75. The molecule has 1 aromatic heterocycles. The lowest BCUT2D eigenvalue weighted by molar-refractivity contribution is 0.371. The number of methoxy groups -OCH3 is 1. The average molecular weight is 303 g/mol. The summed E-state index contributed by atoms with van der Waals surface area (Å²) in [5.41, 5.74) is 5.31. The van der Waals surface area contributed by atoms with Gasteiger partial charge in [-0.1, -0.05) is 62.2 Å². The van der Waals surface area contributed by atoms with E-state index in [2.05, 4.69) is 31.9 Å². The summed E-state index contributed by atoms with van der Waals surface area (Å²) in [7, 11) is 1.60. The van der Waals surface area contributed by atoms with Gasteiger partial charge in [0.1, 0.15) is 5.76 Å². The molecule has 0 aliphatic rings. The molecule has 2 aromatic rings. The monoisotopic (exact) mass is 303 g/mol. The van der Waals surface area contributed by atoms with Crippen molar-refractivity contribution in [3.63, 3.8) is 0 Å². The van der Waals surface area contributed by atoms with Crippen LogP contribution in [0, 0.1) is 0 Å². The van der Waals surface area contributed by atoms with Crippen LogP contribution in [0.5, 0.6) is 0 Å². The van der Waals surface area contributed by atoms with E-state index < -0.39 is 0 Å². The van der Waals surface area contributed by atoms with Crippen LogP contribution >= 0.6 is 0 Å². The Kier molecular flexibility index (Phi) is 5.32. The quantitative estimate of drug-likeness (QED) is 0.512. The van der Waals surface area contributed by atoms with Crippen molar-refractivity contribution in [2.75, 3.05) is 7.11 Å². The highest BCUT2D eigenvalue weighted by Crippen LogP contribution is 2.32. The van der Waals surface area contributed by atoms with Gasteiger partial charge in [0.05, 0.1) is 18.5 Å². The molecule has 0 spiro atoms. The second-order valence-electron chi connectivity index (χ2n) is 5.04. The molecule has 23 heavy (non-hydrogen) atoms. The van der Waals surface area contributed by atoms with E-state index in [0.29, 0.717) is 5.76 Å². The third-order valence-electron chi connectivity index (χ3n) is 3.55. The molecule has 0 atom stereocenters. The molecule has 0 saturated carbocycles. The molecule has 0 aliphatic carbocycles. The molecule has 2 nitrogen and oxygen atoms in total. The number of pyridine rings is 1. The Balaban J connectivity index is 2.76. The standard InChI is InChI=1S/C21H21NO/c1-6-11-15(3)21-19(17-12-9-8-10-13-17)14-18(16(4)23-5)20(7-2)22-21/h6-14H,2-4H2,1,5H3/b11-6-. The topological polar surface area (TPSA) is 22.1 Å². The lowest BCUT2D eigenvalue weighted by Gasteiger charge is -2.15. The van der Waals surface area contributed by atoms with Gasteiger partial charge < -0.3 is 4.74 Å². The summed E-state index contributed by atoms with van der Waals surface area (Å²) in [6.45, 7) is 13.9. The molecule has 0 bridgehead atoms. The maximum atomic E-state index is 5.30. The molecule has 0 N–H and O–H groups in total. The summed E-state index contributed by atoms with van der Waals surface area (Å²) in [5, 5.41) is 0. The van der Waals surface area contributed by atoms with Crippen molar-refractivity contribution in [2.45, 2.75) is 6.92 Å². The van der Waals surface area contributed by atoms with E-state index in [-0.39, 0.29) is 0 Å². The van der Waals surface area contributed by atoms with Crippen molar-refractivity contribution in [1.82, 2.24) is 4.98 Å². The SMILES string of the molecule is C=Cc1nc(C(=C)/C=C\C)c(-c2ccccc2)cc1C(=C)OC. The first kappa shape index (κ1) is 16.5. The first-order valence-electron chi connectivity index (χ1n) is 7.40. The minimum absolute atomic E-state index is 0.563. The number of nitrogens with zero attached hydrogens (tertiary/aromatic N) is 1. The fourth-order valence-electron chi connectivity index (χ4n) is 2.38. The van der Waals surface area contributed by atoms with E-state index in [9.17, 15) is 0 Å². The molecule has 1 aromatic carbocycles. The third-order valence-corrected chi connectivity index (χ3v) is 3.55. The minimum atomic E-state index is 0.563. The average Bonchev–Trinajstić information content (AvgIpc) is 2.60. The van der Waals surface area contributed by atoms with Gasteiger partial charge in [-0.15, -0.1) is 0 Å². The van der Waals surface area contributed by atoms with Gasteiger partial charge in [0.15, 0.2) is 0 Å². The Bertz CT molecular complexity index is 770. The zero-order valence-corrected chi connectivity index (χ0v) is 13.7. The van der Waals surface area contributed by atoms with Crippen LogP contribution in [0.1, 0.15) is 23.9 Å². The molecule has 0 saturated heterocycles. The van der Waals surface area contributed by atoms with Crippen LogP contribution in [0.15, 0.2) is 68.3 Å². The van der Waals surface area contributed by atoms with Crippen molar-refractivity contribution in [2.24, 2.45) is 0 Å². The van der Waals surface area contributed by atoms with Gasteiger partial charge in [-0.3, -0.25) is 0 Å². The van der Waals surface area contributed by atoms with Gasteiger partial charge in [0.2, 0.25) is 0 Å². The van der Waals surface area contributed by atoms with E-state index in [1.807, 2.05) is 43.3 Å². The highest BCUT2D eigenvalue weighted by atomic mass is 16.5. The summed E-state index contributed by atoms with van der Waals surface area (Å²) < 4.78 is 5.30. The van der Waals surface area contributed by atoms with Crippen LogP contribution in [0.25, 0.3) is 28.5 Å². The fourth-order valence-corrected chi connectivity index (χ4v) is 2.38. The van der Waals surface area contributed by atoms with Gasteiger partial charge in [-0.05, 0) is 30.2 Å². The van der Waals surface area contributed by atoms with Crippen LogP contribution in [0.3, 0.4) is 0 Å². The van der Waals surface area contributed by atoms with Crippen molar-refractivity contribution >= 4 is 17.4 Å². The first-order valence-corrected chi connectivity index (χ1v) is 7.40. The van der Waals surface area contributed by atoms with Gasteiger partial charge >= 0.3 is 0 Å². The lowest BCUT2D eigenvalue weighted by Crippen LogP contribution is -2.00. The molecule has 0 unspecified atom stereocenters. The number of rotatable bonds is 6. The molecular formula is C21H21NO. The van der Waals surface area contributed by atoms with Crippen LogP contribution in [-0.4, -0.2) is 12.1 Å². The molecule has 0 aliphatic heterocycles. The summed E-state index contributed by atoms with van der Waals surface area (Å²) in [5.74, 6) is 0.563.